The zero-order chi connectivity index (χ0) is 23.8. The van der Waals surface area contributed by atoms with Crippen molar-refractivity contribution in [1.82, 2.24) is 8.87 Å². The Morgan fingerprint density at radius 3 is 2.67 bits per heavy atom. The molecule has 8 nitrogen and oxygen atoms in total. The van der Waals surface area contributed by atoms with Gasteiger partial charge in [0.05, 0.1) is 22.2 Å². The first-order valence-corrected chi connectivity index (χ1v) is 12.6. The van der Waals surface area contributed by atoms with Gasteiger partial charge in [-0.1, -0.05) is 22.9 Å². The van der Waals surface area contributed by atoms with Crippen molar-refractivity contribution in [2.75, 3.05) is 13.7 Å². The number of benzene rings is 2. The summed E-state index contributed by atoms with van der Waals surface area (Å²) in [7, 11) is -2.76. The van der Waals surface area contributed by atoms with Gasteiger partial charge in [0.15, 0.2) is 4.80 Å². The predicted molar refractivity (Wildman–Crippen MR) is 121 cm³/mol. The number of methoxy groups -OCH3 is 1. The summed E-state index contributed by atoms with van der Waals surface area (Å²) in [5.74, 6) is -1.73. The van der Waals surface area contributed by atoms with Gasteiger partial charge in [-0.15, -0.1) is 0 Å². The van der Waals surface area contributed by atoms with Crippen LogP contribution in [-0.4, -0.2) is 48.9 Å². The Kier molecular flexibility index (Phi) is 6.66. The molecule has 1 saturated heterocycles. The van der Waals surface area contributed by atoms with Gasteiger partial charge in [0.2, 0.25) is 10.0 Å². The van der Waals surface area contributed by atoms with E-state index in [4.69, 9.17) is 16.3 Å². The molecule has 1 atom stereocenters. The third-order valence-electron chi connectivity index (χ3n) is 5.27. The van der Waals surface area contributed by atoms with Crippen LogP contribution in [0, 0.1) is 5.82 Å². The number of amides is 1. The standard InChI is InChI=1S/C21H19ClFN3O5S2/c1-31-19(27)12-25-16-9-4-13(22)11-18(16)32-21(25)24-20(28)17-3-2-10-26(17)33(29,30)15-7-5-14(23)6-8-15/h4-9,11,17H,2-3,10,12H2,1H3. The maximum atomic E-state index is 13.2. The fraction of sp³-hybridized carbons (Fsp3) is 0.286. The van der Waals surface area contributed by atoms with E-state index in [0.717, 1.165) is 27.8 Å². The molecule has 2 heterocycles. The van der Waals surface area contributed by atoms with Crippen LogP contribution < -0.4 is 4.80 Å². The van der Waals surface area contributed by atoms with Crippen LogP contribution in [0.4, 0.5) is 4.39 Å². The molecule has 1 amide bonds. The summed E-state index contributed by atoms with van der Waals surface area (Å²) < 4.78 is 47.5. The minimum Gasteiger partial charge on any atom is -0.468 e. The van der Waals surface area contributed by atoms with Crippen molar-refractivity contribution in [2.45, 2.75) is 30.3 Å². The Labute approximate surface area is 197 Å². The van der Waals surface area contributed by atoms with Crippen molar-refractivity contribution in [1.29, 1.82) is 0 Å². The van der Waals surface area contributed by atoms with Crippen LogP contribution in [0.1, 0.15) is 12.8 Å². The van der Waals surface area contributed by atoms with Crippen molar-refractivity contribution >= 4 is 55.1 Å². The number of ether oxygens (including phenoxy) is 1. The second kappa shape index (κ2) is 9.34. The number of fused-ring (bicyclic) bond motifs is 1. The van der Waals surface area contributed by atoms with Crippen LogP contribution in [0.5, 0.6) is 0 Å². The van der Waals surface area contributed by atoms with E-state index in [1.807, 2.05) is 0 Å². The van der Waals surface area contributed by atoms with Gasteiger partial charge in [0.1, 0.15) is 18.4 Å². The maximum Gasteiger partial charge on any atom is 0.325 e. The first-order valence-electron chi connectivity index (χ1n) is 9.92. The van der Waals surface area contributed by atoms with E-state index in [1.165, 1.54) is 23.8 Å². The number of thiazole rings is 1. The zero-order valence-corrected chi connectivity index (χ0v) is 19.8. The number of sulfonamides is 1. The largest absolute Gasteiger partial charge is 0.468 e. The molecule has 2 aromatic carbocycles. The highest BCUT2D eigenvalue weighted by Crippen LogP contribution is 2.27. The number of halogens is 2. The van der Waals surface area contributed by atoms with E-state index < -0.39 is 33.8 Å². The number of rotatable bonds is 5. The lowest BCUT2D eigenvalue weighted by Gasteiger charge is -2.21. The van der Waals surface area contributed by atoms with Crippen LogP contribution in [-0.2, 0) is 30.9 Å². The third kappa shape index (κ3) is 4.72. The Morgan fingerprint density at radius 1 is 1.24 bits per heavy atom. The van der Waals surface area contributed by atoms with Gasteiger partial charge < -0.3 is 9.30 Å². The molecular weight excluding hydrogens is 493 g/mol. The lowest BCUT2D eigenvalue weighted by molar-refractivity contribution is -0.141. The highest BCUT2D eigenvalue weighted by atomic mass is 35.5. The molecule has 0 bridgehead atoms. The third-order valence-corrected chi connectivity index (χ3v) is 8.47. The molecule has 0 saturated carbocycles. The molecule has 0 aliphatic carbocycles. The Balaban J connectivity index is 1.73. The van der Waals surface area contributed by atoms with Crippen LogP contribution in [0.3, 0.4) is 0 Å². The van der Waals surface area contributed by atoms with Crippen LogP contribution in [0.15, 0.2) is 52.4 Å². The summed E-state index contributed by atoms with van der Waals surface area (Å²) in [6, 6.07) is 8.51. The van der Waals surface area contributed by atoms with Gasteiger partial charge in [0.25, 0.3) is 5.91 Å². The quantitative estimate of drug-likeness (QED) is 0.490. The number of carbonyl (C=O) groups is 2. The molecule has 12 heteroatoms. The summed E-state index contributed by atoms with van der Waals surface area (Å²) in [4.78, 5) is 29.4. The number of hydrogen-bond acceptors (Lipinski definition) is 6. The van der Waals surface area contributed by atoms with Gasteiger partial charge in [-0.25, -0.2) is 12.8 Å². The molecule has 4 rings (SSSR count). The molecule has 1 fully saturated rings. The Morgan fingerprint density at radius 2 is 1.97 bits per heavy atom. The Bertz CT molecular complexity index is 1400. The molecule has 0 N–H and O–H groups in total. The smallest absolute Gasteiger partial charge is 0.325 e. The van der Waals surface area contributed by atoms with E-state index in [0.29, 0.717) is 28.1 Å². The first-order chi connectivity index (χ1) is 15.7. The fourth-order valence-electron chi connectivity index (χ4n) is 3.66. The van der Waals surface area contributed by atoms with Crippen molar-refractivity contribution < 1.29 is 27.1 Å². The van der Waals surface area contributed by atoms with E-state index >= 15 is 0 Å². The molecule has 1 aliphatic rings. The summed E-state index contributed by atoms with van der Waals surface area (Å²) in [5, 5.41) is 0.485. The lowest BCUT2D eigenvalue weighted by atomic mass is 10.2. The van der Waals surface area contributed by atoms with Gasteiger partial charge in [-0.05, 0) is 55.3 Å². The fourth-order valence-corrected chi connectivity index (χ4v) is 6.63. The molecule has 1 unspecified atom stereocenters. The lowest BCUT2D eigenvalue weighted by Crippen LogP contribution is -2.40. The van der Waals surface area contributed by atoms with Gasteiger partial charge in [-0.3, -0.25) is 9.59 Å². The molecule has 0 radical (unpaired) electrons. The van der Waals surface area contributed by atoms with Gasteiger partial charge >= 0.3 is 5.97 Å². The number of nitrogens with zero attached hydrogens (tertiary/aromatic N) is 3. The molecular formula is C21H19ClFN3O5S2. The maximum absolute atomic E-state index is 13.2. The van der Waals surface area contributed by atoms with Crippen molar-refractivity contribution in [3.05, 3.63) is 58.1 Å². The average molecular weight is 512 g/mol. The molecule has 1 aromatic heterocycles. The topological polar surface area (TPSA) is 98.0 Å². The SMILES string of the molecule is COC(=O)Cn1c(=NC(=O)C2CCCN2S(=O)(=O)c2ccc(F)cc2)sc2cc(Cl)ccc21. The van der Waals surface area contributed by atoms with Gasteiger partial charge in [-0.2, -0.15) is 9.30 Å². The highest BCUT2D eigenvalue weighted by Gasteiger charge is 2.39. The summed E-state index contributed by atoms with van der Waals surface area (Å²) >= 11 is 7.23. The van der Waals surface area contributed by atoms with E-state index in [2.05, 4.69) is 4.99 Å². The van der Waals surface area contributed by atoms with Crippen molar-refractivity contribution in [2.24, 2.45) is 4.99 Å². The van der Waals surface area contributed by atoms with E-state index in [9.17, 15) is 22.4 Å². The van der Waals surface area contributed by atoms with Crippen LogP contribution in [0.2, 0.25) is 5.02 Å². The monoisotopic (exact) mass is 511 g/mol. The van der Waals surface area contributed by atoms with Crippen LogP contribution in [0.25, 0.3) is 10.2 Å². The van der Waals surface area contributed by atoms with Crippen LogP contribution >= 0.6 is 22.9 Å². The average Bonchev–Trinajstić information content (AvgIpc) is 3.40. The summed E-state index contributed by atoms with van der Waals surface area (Å²) in [5.41, 5.74) is 0.642. The summed E-state index contributed by atoms with van der Waals surface area (Å²) in [6.45, 7) is -0.0255. The normalized spacial score (nSPS) is 17.5. The molecule has 3 aromatic rings. The van der Waals surface area contributed by atoms with Gasteiger partial charge in [0, 0.05) is 11.6 Å². The highest BCUT2D eigenvalue weighted by molar-refractivity contribution is 7.89. The number of esters is 1. The minimum absolute atomic E-state index is 0.0964. The number of hydrogen-bond donors (Lipinski definition) is 0. The Hall–Kier alpha value is -2.60. The first kappa shape index (κ1) is 23.6. The minimum atomic E-state index is -4.01. The molecule has 174 valence electrons. The van der Waals surface area contributed by atoms with E-state index in [-0.39, 0.29) is 22.8 Å². The molecule has 33 heavy (non-hydrogen) atoms. The van der Waals surface area contributed by atoms with E-state index in [1.54, 1.807) is 18.2 Å². The van der Waals surface area contributed by atoms with Crippen molar-refractivity contribution in [3.63, 3.8) is 0 Å². The van der Waals surface area contributed by atoms with Crippen molar-refractivity contribution in [3.8, 4) is 0 Å². The zero-order valence-electron chi connectivity index (χ0n) is 17.4. The number of aromatic nitrogens is 1. The summed E-state index contributed by atoms with van der Waals surface area (Å²) in [6.07, 6.45) is 0.785. The second-order valence-electron chi connectivity index (χ2n) is 7.34. The molecule has 1 aliphatic heterocycles. The number of carbonyl (C=O) groups excluding carboxylic acids is 2. The second-order valence-corrected chi connectivity index (χ2v) is 10.7. The molecule has 0 spiro atoms. The predicted octanol–water partition coefficient (Wildman–Crippen LogP) is 2.95.